The number of anilines is 2. The Labute approximate surface area is 263 Å². The minimum absolute atomic E-state index is 0.0857. The molecule has 2 N–H and O–H groups in total. The van der Waals surface area contributed by atoms with Crippen molar-refractivity contribution in [3.8, 4) is 22.8 Å². The van der Waals surface area contributed by atoms with Crippen LogP contribution in [-0.4, -0.2) is 34.6 Å². The van der Waals surface area contributed by atoms with E-state index < -0.39 is 11.0 Å². The number of nitro benzene ring substituents is 1. The number of ether oxygens (including phenoxy) is 2. The van der Waals surface area contributed by atoms with E-state index in [1.807, 2.05) is 59.5 Å². The van der Waals surface area contributed by atoms with Gasteiger partial charge in [-0.15, -0.1) is 0 Å². The first-order chi connectivity index (χ1) is 21.9. The zero-order chi connectivity index (χ0) is 31.3. The molecule has 0 radical (unpaired) electrons. The van der Waals surface area contributed by atoms with Crippen LogP contribution in [0, 0.1) is 10.1 Å². The molecule has 3 aromatic carbocycles. The van der Waals surface area contributed by atoms with Gasteiger partial charge in [-0.25, -0.2) is 0 Å². The Morgan fingerprint density at radius 1 is 1.04 bits per heavy atom. The first-order valence-corrected chi connectivity index (χ1v) is 14.3. The third-order valence-electron chi connectivity index (χ3n) is 7.22. The van der Waals surface area contributed by atoms with Crippen molar-refractivity contribution in [3.63, 3.8) is 0 Å². The highest BCUT2D eigenvalue weighted by molar-refractivity contribution is 7.80. The Morgan fingerprint density at radius 2 is 1.82 bits per heavy atom. The number of pyridine rings is 1. The fourth-order valence-corrected chi connectivity index (χ4v) is 5.49. The standard InChI is InChI=1S/C33H27N5O6S/c1-42-29-19-23(38(40)41)14-15-25(29)27-16-17-28(44-27)32-31(26-9-5-6-18-34-26)36-33(45)37(32)22-12-10-21(11-13-22)35-30(39)20-43-24-7-3-2-4-8-24/h2-19,31-32H,20H2,1H3,(H,35,39)(H,36,45)/t31-,32+/m1/s1. The van der Waals surface area contributed by atoms with Gasteiger partial charge >= 0.3 is 0 Å². The van der Waals surface area contributed by atoms with Gasteiger partial charge in [-0.2, -0.15) is 0 Å². The average molecular weight is 622 g/mol. The maximum absolute atomic E-state index is 12.5. The van der Waals surface area contributed by atoms with E-state index in [2.05, 4.69) is 15.6 Å². The molecule has 0 saturated carbocycles. The van der Waals surface area contributed by atoms with Crippen LogP contribution in [0.1, 0.15) is 23.5 Å². The number of nitrogens with one attached hydrogen (secondary N) is 2. The van der Waals surface area contributed by atoms with Crippen LogP contribution in [0.3, 0.4) is 0 Å². The molecular weight excluding hydrogens is 594 g/mol. The van der Waals surface area contributed by atoms with E-state index in [9.17, 15) is 14.9 Å². The Bertz CT molecular complexity index is 1830. The van der Waals surface area contributed by atoms with Crippen molar-refractivity contribution >= 4 is 40.3 Å². The summed E-state index contributed by atoms with van der Waals surface area (Å²) in [5.41, 5.74) is 2.61. The number of carbonyl (C=O) groups is 1. The van der Waals surface area contributed by atoms with Crippen molar-refractivity contribution in [1.29, 1.82) is 0 Å². The molecule has 0 bridgehead atoms. The third-order valence-corrected chi connectivity index (χ3v) is 7.53. The Morgan fingerprint density at radius 3 is 2.53 bits per heavy atom. The molecule has 1 amide bonds. The molecule has 0 aliphatic carbocycles. The Hall–Kier alpha value is -5.75. The first-order valence-electron chi connectivity index (χ1n) is 13.9. The van der Waals surface area contributed by atoms with Gasteiger partial charge in [-0.05, 0) is 78.9 Å². The summed E-state index contributed by atoms with van der Waals surface area (Å²) in [5, 5.41) is 18.0. The number of aromatic nitrogens is 1. The van der Waals surface area contributed by atoms with Gasteiger partial charge in [0.05, 0.1) is 35.4 Å². The number of rotatable bonds is 10. The number of benzene rings is 3. The molecule has 226 valence electrons. The molecule has 45 heavy (non-hydrogen) atoms. The molecule has 1 saturated heterocycles. The van der Waals surface area contributed by atoms with Crippen LogP contribution in [0.25, 0.3) is 11.3 Å². The summed E-state index contributed by atoms with van der Waals surface area (Å²) < 4.78 is 17.4. The zero-order valence-corrected chi connectivity index (χ0v) is 24.8. The number of hydrogen-bond acceptors (Lipinski definition) is 8. The number of nitro groups is 1. The summed E-state index contributed by atoms with van der Waals surface area (Å²) in [7, 11) is 1.45. The lowest BCUT2D eigenvalue weighted by Gasteiger charge is -2.26. The van der Waals surface area contributed by atoms with Crippen LogP contribution >= 0.6 is 12.2 Å². The molecule has 1 fully saturated rings. The van der Waals surface area contributed by atoms with Gasteiger partial charge in [0, 0.05) is 23.6 Å². The number of hydrogen-bond donors (Lipinski definition) is 2. The first kappa shape index (κ1) is 29.3. The third kappa shape index (κ3) is 6.31. The number of thiocarbonyl (C=S) groups is 1. The molecule has 0 unspecified atom stereocenters. The van der Waals surface area contributed by atoms with E-state index in [1.165, 1.54) is 19.2 Å². The Balaban J connectivity index is 1.27. The summed E-state index contributed by atoms with van der Waals surface area (Å²) in [5.74, 6) is 1.70. The molecule has 1 aliphatic rings. The second kappa shape index (κ2) is 12.9. The number of nitrogens with zero attached hydrogens (tertiary/aromatic N) is 3. The topological polar surface area (TPSA) is 132 Å². The summed E-state index contributed by atoms with van der Waals surface area (Å²) in [6, 6.07) is 29.3. The van der Waals surface area contributed by atoms with Crippen LogP contribution in [0.2, 0.25) is 0 Å². The summed E-state index contributed by atoms with van der Waals surface area (Å²) in [6.07, 6.45) is 1.72. The molecule has 1 aliphatic heterocycles. The van der Waals surface area contributed by atoms with Crippen LogP contribution in [0.5, 0.6) is 11.5 Å². The lowest BCUT2D eigenvalue weighted by Crippen LogP contribution is -2.29. The number of non-ortho nitro benzene ring substituents is 1. The van der Waals surface area contributed by atoms with Gasteiger partial charge in [0.15, 0.2) is 11.7 Å². The average Bonchev–Trinajstić information content (AvgIpc) is 3.69. The SMILES string of the molecule is COc1cc([N+](=O)[O-])ccc1-c1ccc([C@H]2[C@@H](c3ccccn3)NC(=S)N2c2ccc(NC(=O)COc3ccccc3)cc2)o1. The number of furan rings is 1. The van der Waals surface area contributed by atoms with Crippen LogP contribution in [0.15, 0.2) is 114 Å². The van der Waals surface area contributed by atoms with E-state index in [4.69, 9.17) is 26.1 Å². The van der Waals surface area contributed by atoms with Crippen molar-refractivity contribution in [2.45, 2.75) is 12.1 Å². The molecule has 2 aromatic heterocycles. The summed E-state index contributed by atoms with van der Waals surface area (Å²) in [4.78, 5) is 29.8. The quantitative estimate of drug-likeness (QED) is 0.102. The minimum Gasteiger partial charge on any atom is -0.496 e. The summed E-state index contributed by atoms with van der Waals surface area (Å²) in [6.45, 7) is -0.125. The molecule has 6 rings (SSSR count). The van der Waals surface area contributed by atoms with E-state index in [0.29, 0.717) is 39.4 Å². The lowest BCUT2D eigenvalue weighted by molar-refractivity contribution is -0.384. The van der Waals surface area contributed by atoms with Crippen molar-refractivity contribution in [2.24, 2.45) is 0 Å². The minimum atomic E-state index is -0.477. The molecule has 2 atom stereocenters. The van der Waals surface area contributed by atoms with Gasteiger partial charge in [0.25, 0.3) is 11.6 Å². The van der Waals surface area contributed by atoms with E-state index in [-0.39, 0.29) is 24.2 Å². The highest BCUT2D eigenvalue weighted by atomic mass is 32.1. The highest BCUT2D eigenvalue weighted by Gasteiger charge is 2.42. The van der Waals surface area contributed by atoms with Crippen molar-refractivity contribution < 1.29 is 23.6 Å². The van der Waals surface area contributed by atoms with Crippen molar-refractivity contribution in [1.82, 2.24) is 10.3 Å². The second-order valence-electron chi connectivity index (χ2n) is 10.0. The number of para-hydroxylation sites is 1. The number of carbonyl (C=O) groups excluding carboxylic acids is 1. The smallest absolute Gasteiger partial charge is 0.273 e. The number of methoxy groups -OCH3 is 1. The van der Waals surface area contributed by atoms with Crippen LogP contribution in [-0.2, 0) is 4.79 Å². The predicted octanol–water partition coefficient (Wildman–Crippen LogP) is 6.45. The van der Waals surface area contributed by atoms with Crippen molar-refractivity contribution in [2.75, 3.05) is 23.9 Å². The lowest BCUT2D eigenvalue weighted by atomic mass is 10.0. The molecular formula is C33H27N5O6S. The highest BCUT2D eigenvalue weighted by Crippen LogP contribution is 2.44. The maximum atomic E-state index is 12.5. The molecule has 3 heterocycles. The summed E-state index contributed by atoms with van der Waals surface area (Å²) >= 11 is 5.81. The van der Waals surface area contributed by atoms with Gasteiger partial charge in [0.1, 0.15) is 29.1 Å². The monoisotopic (exact) mass is 621 g/mol. The predicted molar refractivity (Wildman–Crippen MR) is 172 cm³/mol. The van der Waals surface area contributed by atoms with Crippen LogP contribution in [0.4, 0.5) is 17.1 Å². The van der Waals surface area contributed by atoms with Gasteiger partial charge in [-0.3, -0.25) is 19.9 Å². The normalized spacial score (nSPS) is 15.8. The fraction of sp³-hybridized carbons (Fsp3) is 0.121. The molecule has 0 spiro atoms. The molecule has 12 heteroatoms. The number of amides is 1. The van der Waals surface area contributed by atoms with Crippen molar-refractivity contribution in [3.05, 3.63) is 131 Å². The van der Waals surface area contributed by atoms with Gasteiger partial charge in [-0.1, -0.05) is 24.3 Å². The van der Waals surface area contributed by atoms with Crippen LogP contribution < -0.4 is 25.0 Å². The Kier molecular flexibility index (Phi) is 8.38. The van der Waals surface area contributed by atoms with E-state index in [0.717, 1.165) is 11.4 Å². The zero-order valence-electron chi connectivity index (χ0n) is 24.0. The second-order valence-corrected chi connectivity index (χ2v) is 10.4. The van der Waals surface area contributed by atoms with E-state index in [1.54, 1.807) is 42.6 Å². The molecule has 5 aromatic rings. The van der Waals surface area contributed by atoms with Gasteiger partial charge in [0.2, 0.25) is 0 Å². The van der Waals surface area contributed by atoms with E-state index >= 15 is 0 Å². The fourth-order valence-electron chi connectivity index (χ4n) is 5.14. The molecule has 11 nitrogen and oxygen atoms in total. The largest absolute Gasteiger partial charge is 0.496 e. The maximum Gasteiger partial charge on any atom is 0.273 e. The van der Waals surface area contributed by atoms with Gasteiger partial charge < -0.3 is 29.4 Å².